The Morgan fingerprint density at radius 3 is 2.14 bits per heavy atom. The fraction of sp³-hybridized carbons (Fsp3) is 0.231. The van der Waals surface area contributed by atoms with Gasteiger partial charge in [0.2, 0.25) is 15.9 Å². The van der Waals surface area contributed by atoms with Crippen molar-refractivity contribution < 1.29 is 22.9 Å². The molecule has 0 aromatic heterocycles. The molecule has 1 aliphatic rings. The minimum Gasteiger partial charge on any atom is -0.405 e. The van der Waals surface area contributed by atoms with E-state index in [0.29, 0.717) is 11.1 Å². The molecule has 1 heterocycles. The van der Waals surface area contributed by atoms with Gasteiger partial charge < -0.3 is 4.74 Å². The molecule has 2 atom stereocenters. The van der Waals surface area contributed by atoms with Gasteiger partial charge in [-0.3, -0.25) is 10.1 Å². The van der Waals surface area contributed by atoms with Gasteiger partial charge in [-0.25, -0.2) is 22.9 Å². The molecule has 3 aromatic rings. The third-order valence-corrected chi connectivity index (χ3v) is 7.62. The van der Waals surface area contributed by atoms with Crippen LogP contribution in [-0.2, 0) is 19.6 Å². The van der Waals surface area contributed by atoms with E-state index in [-0.39, 0.29) is 16.5 Å². The number of ether oxygens (including phenoxy) is 1. The van der Waals surface area contributed by atoms with Gasteiger partial charge in [0, 0.05) is 17.7 Å². The molecule has 186 valence electrons. The van der Waals surface area contributed by atoms with E-state index in [1.807, 2.05) is 13.0 Å². The summed E-state index contributed by atoms with van der Waals surface area (Å²) in [5.41, 5.74) is -0.0489. The van der Waals surface area contributed by atoms with Crippen LogP contribution in [0.3, 0.4) is 0 Å². The largest absolute Gasteiger partial charge is 0.405 e. The molecule has 3 aromatic carbocycles. The predicted molar refractivity (Wildman–Crippen MR) is 134 cm³/mol. The normalized spacial score (nSPS) is 18.6. The van der Waals surface area contributed by atoms with Crippen LogP contribution < -0.4 is 4.72 Å². The molecule has 0 aliphatic carbocycles. The highest BCUT2D eigenvalue weighted by atomic mass is 32.2. The Labute approximate surface area is 209 Å². The zero-order chi connectivity index (χ0) is 26.1. The molecule has 0 bridgehead atoms. The number of nitrogens with one attached hydrogen (secondary N) is 1. The Morgan fingerprint density at radius 2 is 1.58 bits per heavy atom. The summed E-state index contributed by atoms with van der Waals surface area (Å²) in [4.78, 5) is 28.8. The maximum absolute atomic E-state index is 13.5. The predicted octanol–water partition coefficient (Wildman–Crippen LogP) is 4.32. The van der Waals surface area contributed by atoms with E-state index in [1.54, 1.807) is 50.2 Å². The van der Waals surface area contributed by atoms with Crippen molar-refractivity contribution in [3.05, 3.63) is 106 Å². The van der Waals surface area contributed by atoms with Crippen LogP contribution >= 0.6 is 0 Å². The lowest BCUT2D eigenvalue weighted by Gasteiger charge is -2.35. The number of hydrogen-bond donors (Lipinski definition) is 1. The van der Waals surface area contributed by atoms with E-state index in [9.17, 15) is 23.3 Å². The van der Waals surface area contributed by atoms with Crippen molar-refractivity contribution in [2.75, 3.05) is 0 Å². The van der Waals surface area contributed by atoms with Gasteiger partial charge in [0.1, 0.15) is 0 Å². The van der Waals surface area contributed by atoms with Crippen LogP contribution in [0.5, 0.6) is 0 Å². The number of hydrogen-bond acceptors (Lipinski definition) is 7. The molecule has 0 saturated carbocycles. The molecule has 9 nitrogen and oxygen atoms in total. The summed E-state index contributed by atoms with van der Waals surface area (Å²) in [5.74, 6) is -1.14. The minimum atomic E-state index is -4.13. The molecule has 10 heteroatoms. The van der Waals surface area contributed by atoms with Crippen LogP contribution in [0.25, 0.3) is 0 Å². The molecule has 1 aliphatic heterocycles. The summed E-state index contributed by atoms with van der Waals surface area (Å²) < 4.78 is 35.2. The van der Waals surface area contributed by atoms with E-state index in [4.69, 9.17) is 4.74 Å². The number of nitrogens with zero attached hydrogens (tertiary/aromatic N) is 2. The number of non-ortho nitro benzene ring substituents is 1. The first kappa shape index (κ1) is 25.2. The third-order valence-electron chi connectivity index (χ3n) is 6.19. The van der Waals surface area contributed by atoms with Crippen LogP contribution in [0.1, 0.15) is 36.6 Å². The second kappa shape index (κ2) is 9.63. The molecule has 0 spiro atoms. The Hall–Kier alpha value is -3.89. The van der Waals surface area contributed by atoms with Crippen molar-refractivity contribution in [2.45, 2.75) is 37.2 Å². The van der Waals surface area contributed by atoms with E-state index in [2.05, 4.69) is 9.71 Å². The lowest BCUT2D eigenvalue weighted by molar-refractivity contribution is -0.384. The van der Waals surface area contributed by atoms with E-state index >= 15 is 0 Å². The first-order chi connectivity index (χ1) is 17.0. The highest BCUT2D eigenvalue weighted by molar-refractivity contribution is 7.89. The zero-order valence-corrected chi connectivity index (χ0v) is 20.7. The molecule has 0 radical (unpaired) electrons. The van der Waals surface area contributed by atoms with Crippen molar-refractivity contribution in [3.8, 4) is 0 Å². The number of esters is 1. The monoisotopic (exact) mass is 507 g/mol. The molecule has 4 rings (SSSR count). The van der Waals surface area contributed by atoms with E-state index < -0.39 is 38.4 Å². The maximum Gasteiger partial charge on any atom is 0.343 e. The maximum atomic E-state index is 13.5. The Morgan fingerprint density at radius 1 is 0.972 bits per heavy atom. The molecule has 0 fully saturated rings. The molecule has 0 amide bonds. The Bertz CT molecular complexity index is 1420. The van der Waals surface area contributed by atoms with Gasteiger partial charge in [-0.1, -0.05) is 61.9 Å². The molecule has 36 heavy (non-hydrogen) atoms. The van der Waals surface area contributed by atoms with Crippen molar-refractivity contribution in [1.82, 2.24) is 4.72 Å². The molecular weight excluding hydrogens is 482 g/mol. The molecule has 0 saturated heterocycles. The highest BCUT2D eigenvalue weighted by Gasteiger charge is 2.56. The quantitative estimate of drug-likeness (QED) is 0.275. The summed E-state index contributed by atoms with van der Waals surface area (Å²) in [7, 11) is -4.13. The number of nitro benzene ring substituents is 1. The fourth-order valence-corrected chi connectivity index (χ4v) is 5.39. The van der Waals surface area contributed by atoms with Gasteiger partial charge >= 0.3 is 5.97 Å². The number of aliphatic imine (C=N–C) groups is 1. The van der Waals surface area contributed by atoms with E-state index in [0.717, 1.165) is 5.56 Å². The van der Waals surface area contributed by atoms with Crippen LogP contribution in [0.4, 0.5) is 5.69 Å². The van der Waals surface area contributed by atoms with Crippen molar-refractivity contribution >= 4 is 27.6 Å². The third kappa shape index (κ3) is 4.65. The molecule has 1 N–H and O–H groups in total. The zero-order valence-electron chi connectivity index (χ0n) is 19.9. The molecule has 0 unspecified atom stereocenters. The van der Waals surface area contributed by atoms with E-state index in [1.165, 1.54) is 36.4 Å². The smallest absolute Gasteiger partial charge is 0.343 e. The summed E-state index contributed by atoms with van der Waals surface area (Å²) in [6.45, 7) is 5.33. The van der Waals surface area contributed by atoms with Gasteiger partial charge in [-0.2, -0.15) is 0 Å². The number of carbonyl (C=O) groups excluding carboxylic acids is 1. The highest BCUT2D eigenvalue weighted by Crippen LogP contribution is 2.42. The van der Waals surface area contributed by atoms with Gasteiger partial charge in [-0.15, -0.1) is 0 Å². The number of carbonyl (C=O) groups is 1. The standard InChI is InChI=1S/C26H25N3O6S/c1-17(2)26(25(30)35-24(27-26)20-7-5-4-6-8-20)23(19-11-13-21(14-12-19)29(31)32)28-36(33,34)22-15-9-18(3)10-16-22/h4-17,23,28H,1-3H3/t23-,26+/m0/s1. The second-order valence-electron chi connectivity index (χ2n) is 8.87. The van der Waals surface area contributed by atoms with Gasteiger partial charge in [0.05, 0.1) is 15.9 Å². The minimum absolute atomic E-state index is 0.0116. The number of sulfonamides is 1. The number of benzene rings is 3. The van der Waals surface area contributed by atoms with Gasteiger partial charge in [-0.05, 0) is 42.7 Å². The molecular formula is C26H25N3O6S. The van der Waals surface area contributed by atoms with Crippen molar-refractivity contribution in [2.24, 2.45) is 10.9 Å². The van der Waals surface area contributed by atoms with Gasteiger partial charge in [0.15, 0.2) is 5.54 Å². The van der Waals surface area contributed by atoms with Crippen molar-refractivity contribution in [3.63, 3.8) is 0 Å². The number of nitro groups is 1. The SMILES string of the molecule is Cc1ccc(S(=O)(=O)N[C@@H](c2ccc([N+](=O)[O-])cc2)[C@@]2(C(C)C)N=C(c3ccccc3)OC2=O)cc1. The number of rotatable bonds is 8. The Kier molecular flexibility index (Phi) is 6.75. The lowest BCUT2D eigenvalue weighted by atomic mass is 9.77. The fourth-order valence-electron chi connectivity index (χ4n) is 4.13. The topological polar surface area (TPSA) is 128 Å². The average molecular weight is 508 g/mol. The summed E-state index contributed by atoms with van der Waals surface area (Å²) in [6.07, 6.45) is 0. The van der Waals surface area contributed by atoms with Gasteiger partial charge in [0.25, 0.3) is 5.69 Å². The van der Waals surface area contributed by atoms with Crippen LogP contribution in [0, 0.1) is 23.0 Å². The van der Waals surface area contributed by atoms with Crippen LogP contribution in [0.15, 0.2) is 88.8 Å². The number of aryl methyl sites for hydroxylation is 1. The first-order valence-electron chi connectivity index (χ1n) is 11.3. The Balaban J connectivity index is 1.88. The van der Waals surface area contributed by atoms with Crippen molar-refractivity contribution in [1.29, 1.82) is 0 Å². The average Bonchev–Trinajstić information content (AvgIpc) is 3.21. The summed E-state index contributed by atoms with van der Waals surface area (Å²) >= 11 is 0. The van der Waals surface area contributed by atoms with Crippen LogP contribution in [-0.4, -0.2) is 30.7 Å². The second-order valence-corrected chi connectivity index (χ2v) is 10.6. The summed E-state index contributed by atoms with van der Waals surface area (Å²) in [6, 6.07) is 19.3. The lowest BCUT2D eigenvalue weighted by Crippen LogP contribution is -2.52. The van der Waals surface area contributed by atoms with Crippen LogP contribution in [0.2, 0.25) is 0 Å². The number of cyclic esters (lactones) is 1. The summed E-state index contributed by atoms with van der Waals surface area (Å²) in [5, 5.41) is 11.2. The first-order valence-corrected chi connectivity index (χ1v) is 12.7.